The fourth-order valence-electron chi connectivity index (χ4n) is 3.09. The number of para-hydroxylation sites is 1. The molecule has 3 aromatic rings. The molecule has 0 aliphatic rings. The van der Waals surface area contributed by atoms with Crippen LogP contribution in [-0.4, -0.2) is 24.1 Å². The van der Waals surface area contributed by atoms with Crippen molar-refractivity contribution in [1.29, 1.82) is 0 Å². The molecule has 4 nitrogen and oxygen atoms in total. The third kappa shape index (κ3) is 3.40. The van der Waals surface area contributed by atoms with E-state index in [0.717, 1.165) is 24.4 Å². The van der Waals surface area contributed by atoms with Crippen molar-refractivity contribution in [2.75, 3.05) is 13.1 Å². The second-order valence-corrected chi connectivity index (χ2v) is 6.47. The summed E-state index contributed by atoms with van der Waals surface area (Å²) in [7, 11) is 0. The molecular formula is C21H25NO3. The van der Waals surface area contributed by atoms with Gasteiger partial charge in [0.05, 0.1) is 22.4 Å². The van der Waals surface area contributed by atoms with Crippen molar-refractivity contribution >= 4 is 21.9 Å². The van der Waals surface area contributed by atoms with Gasteiger partial charge < -0.3 is 9.15 Å². The summed E-state index contributed by atoms with van der Waals surface area (Å²) < 4.78 is 12.2. The number of ether oxygens (including phenoxy) is 1. The molecule has 132 valence electrons. The Bertz CT molecular complexity index is 939. The van der Waals surface area contributed by atoms with E-state index in [2.05, 4.69) is 18.7 Å². The van der Waals surface area contributed by atoms with Crippen LogP contribution in [0, 0.1) is 0 Å². The maximum Gasteiger partial charge on any atom is 0.200 e. The highest BCUT2D eigenvalue weighted by Gasteiger charge is 2.18. The monoisotopic (exact) mass is 339 g/mol. The molecular weight excluding hydrogens is 314 g/mol. The Labute approximate surface area is 148 Å². The zero-order chi connectivity index (χ0) is 18.0. The van der Waals surface area contributed by atoms with Crippen molar-refractivity contribution < 1.29 is 9.15 Å². The normalized spacial score (nSPS) is 11.8. The second kappa shape index (κ2) is 7.28. The fourth-order valence-corrected chi connectivity index (χ4v) is 3.09. The van der Waals surface area contributed by atoms with Crippen molar-refractivity contribution in [3.8, 4) is 5.75 Å². The van der Waals surface area contributed by atoms with Crippen LogP contribution in [-0.2, 0) is 6.54 Å². The molecule has 0 bridgehead atoms. The summed E-state index contributed by atoms with van der Waals surface area (Å²) in [5.74, 6) is 0.785. The summed E-state index contributed by atoms with van der Waals surface area (Å²) in [6.45, 7) is 10.8. The molecule has 0 fully saturated rings. The van der Waals surface area contributed by atoms with Gasteiger partial charge in [0, 0.05) is 6.54 Å². The minimum absolute atomic E-state index is 0.00810. The summed E-state index contributed by atoms with van der Waals surface area (Å²) in [5.41, 5.74) is 2.20. The average Bonchev–Trinajstić information content (AvgIpc) is 2.61. The van der Waals surface area contributed by atoms with Gasteiger partial charge >= 0.3 is 0 Å². The fraction of sp³-hybridized carbons (Fsp3) is 0.381. The van der Waals surface area contributed by atoms with Gasteiger partial charge in [0.25, 0.3) is 0 Å². The first kappa shape index (κ1) is 17.5. The van der Waals surface area contributed by atoms with Crippen LogP contribution >= 0.6 is 0 Å². The number of fused-ring (bicyclic) bond motifs is 2. The van der Waals surface area contributed by atoms with E-state index in [1.54, 1.807) is 0 Å². The van der Waals surface area contributed by atoms with Crippen molar-refractivity contribution in [2.45, 2.75) is 40.3 Å². The summed E-state index contributed by atoms with van der Waals surface area (Å²) >= 11 is 0. The van der Waals surface area contributed by atoms with Crippen LogP contribution in [0.15, 0.2) is 45.6 Å². The first-order valence-corrected chi connectivity index (χ1v) is 8.91. The minimum atomic E-state index is 0.00810. The molecule has 0 spiro atoms. The molecule has 0 radical (unpaired) electrons. The Morgan fingerprint density at radius 1 is 1.04 bits per heavy atom. The molecule has 0 saturated heterocycles. The number of hydrogen-bond donors (Lipinski definition) is 0. The second-order valence-electron chi connectivity index (χ2n) is 6.47. The van der Waals surface area contributed by atoms with Crippen LogP contribution in [0.25, 0.3) is 21.9 Å². The average molecular weight is 339 g/mol. The summed E-state index contributed by atoms with van der Waals surface area (Å²) in [6, 6.07) is 11.1. The Kier molecular flexibility index (Phi) is 5.09. The van der Waals surface area contributed by atoms with Gasteiger partial charge in [0.15, 0.2) is 0 Å². The van der Waals surface area contributed by atoms with Crippen molar-refractivity contribution in [2.24, 2.45) is 0 Å². The van der Waals surface area contributed by atoms with Gasteiger partial charge in [0.1, 0.15) is 16.9 Å². The van der Waals surface area contributed by atoms with Crippen LogP contribution in [0.2, 0.25) is 0 Å². The van der Waals surface area contributed by atoms with Crippen LogP contribution in [0.4, 0.5) is 0 Å². The highest BCUT2D eigenvalue weighted by molar-refractivity contribution is 5.92. The maximum atomic E-state index is 12.9. The van der Waals surface area contributed by atoms with Gasteiger partial charge in [-0.25, -0.2) is 0 Å². The van der Waals surface area contributed by atoms with E-state index in [-0.39, 0.29) is 11.5 Å². The van der Waals surface area contributed by atoms with Crippen molar-refractivity contribution in [3.63, 3.8) is 0 Å². The highest BCUT2D eigenvalue weighted by atomic mass is 16.5. The lowest BCUT2D eigenvalue weighted by Gasteiger charge is -2.22. The summed E-state index contributed by atoms with van der Waals surface area (Å²) in [4.78, 5) is 15.2. The van der Waals surface area contributed by atoms with Gasteiger partial charge in [-0.05, 0) is 51.2 Å². The maximum absolute atomic E-state index is 12.9. The lowest BCUT2D eigenvalue weighted by Crippen LogP contribution is -2.23. The first-order valence-electron chi connectivity index (χ1n) is 8.91. The molecule has 0 aliphatic heterocycles. The van der Waals surface area contributed by atoms with Crippen LogP contribution in [0.1, 0.15) is 33.3 Å². The largest absolute Gasteiger partial charge is 0.491 e. The predicted octanol–water partition coefficient (Wildman–Crippen LogP) is 4.58. The summed E-state index contributed by atoms with van der Waals surface area (Å²) in [6.07, 6.45) is 0.0556. The molecule has 0 N–H and O–H groups in total. The number of rotatable bonds is 6. The lowest BCUT2D eigenvalue weighted by atomic mass is 10.1. The SMILES string of the molecule is CCN(CC)Cc1c(OC(C)C)ccc2c(=O)c3ccccc3oc12. The van der Waals surface area contributed by atoms with Gasteiger partial charge in [-0.15, -0.1) is 0 Å². The molecule has 0 aliphatic carbocycles. The van der Waals surface area contributed by atoms with E-state index >= 15 is 0 Å². The zero-order valence-corrected chi connectivity index (χ0v) is 15.3. The van der Waals surface area contributed by atoms with Gasteiger partial charge in [-0.2, -0.15) is 0 Å². The highest BCUT2D eigenvalue weighted by Crippen LogP contribution is 2.31. The summed E-state index contributed by atoms with van der Waals surface area (Å²) in [5, 5.41) is 1.22. The van der Waals surface area contributed by atoms with E-state index in [4.69, 9.17) is 9.15 Å². The van der Waals surface area contributed by atoms with E-state index in [1.165, 1.54) is 0 Å². The Hall–Kier alpha value is -2.33. The molecule has 1 heterocycles. The number of hydrogen-bond acceptors (Lipinski definition) is 4. The quantitative estimate of drug-likeness (QED) is 0.617. The number of benzene rings is 2. The lowest BCUT2D eigenvalue weighted by molar-refractivity contribution is 0.231. The van der Waals surface area contributed by atoms with Crippen LogP contribution in [0.5, 0.6) is 5.75 Å². The Balaban J connectivity index is 2.30. The molecule has 0 atom stereocenters. The topological polar surface area (TPSA) is 42.7 Å². The van der Waals surface area contributed by atoms with Crippen LogP contribution in [0.3, 0.4) is 0 Å². The standard InChI is InChI=1S/C21H25NO3/c1-5-22(6-2)13-17-19(24-14(3)4)12-11-16-20(23)15-9-7-8-10-18(15)25-21(16)17/h7-12,14H,5-6,13H2,1-4H3. The molecule has 3 rings (SSSR count). The van der Waals surface area contributed by atoms with Gasteiger partial charge in [0.2, 0.25) is 5.43 Å². The Morgan fingerprint density at radius 3 is 2.44 bits per heavy atom. The van der Waals surface area contributed by atoms with Gasteiger partial charge in [-0.3, -0.25) is 9.69 Å². The van der Waals surface area contributed by atoms with Crippen LogP contribution < -0.4 is 10.2 Å². The van der Waals surface area contributed by atoms with E-state index in [0.29, 0.717) is 28.5 Å². The van der Waals surface area contributed by atoms with Gasteiger partial charge in [-0.1, -0.05) is 26.0 Å². The van der Waals surface area contributed by atoms with E-state index in [9.17, 15) is 4.79 Å². The third-order valence-corrected chi connectivity index (χ3v) is 4.44. The first-order chi connectivity index (χ1) is 12.0. The molecule has 4 heteroatoms. The molecule has 0 saturated carbocycles. The van der Waals surface area contributed by atoms with Crippen molar-refractivity contribution in [1.82, 2.24) is 4.90 Å². The van der Waals surface area contributed by atoms with E-state index in [1.807, 2.05) is 50.2 Å². The molecule has 1 aromatic heterocycles. The number of nitrogens with zero attached hydrogens (tertiary/aromatic N) is 1. The molecule has 25 heavy (non-hydrogen) atoms. The minimum Gasteiger partial charge on any atom is -0.491 e. The van der Waals surface area contributed by atoms with Crippen molar-refractivity contribution in [3.05, 3.63) is 52.2 Å². The molecule has 2 aromatic carbocycles. The predicted molar refractivity (Wildman–Crippen MR) is 102 cm³/mol. The zero-order valence-electron chi connectivity index (χ0n) is 15.3. The molecule has 0 amide bonds. The third-order valence-electron chi connectivity index (χ3n) is 4.44. The van der Waals surface area contributed by atoms with E-state index < -0.39 is 0 Å². The molecule has 0 unspecified atom stereocenters. The smallest absolute Gasteiger partial charge is 0.200 e. The Morgan fingerprint density at radius 2 is 1.76 bits per heavy atom.